The molecule has 2 fully saturated rings. The number of hydrogen-bond acceptors (Lipinski definition) is 5. The standard InChI is InChI=1S/C22H30N4O.C2H6.H3N.H2/c1-15-7-8-20-16(13-15)14-19(21(23)27)22(25-20)26-11-9-18(10-12-26)24-17-5-3-2-4-6-17;1-2;;/h7-8,13-14,17-18,24H,2-6,9-12H2,1H3,(H2,23,27);1-2H3;1H3;1H. The van der Waals surface area contributed by atoms with Crippen LogP contribution in [0.1, 0.15) is 76.1 Å². The van der Waals surface area contributed by atoms with Gasteiger partial charge in [-0.1, -0.05) is 44.7 Å². The van der Waals surface area contributed by atoms with Crippen LogP contribution >= 0.6 is 0 Å². The molecule has 6 heteroatoms. The predicted octanol–water partition coefficient (Wildman–Crippen LogP) is 4.97. The molecule has 0 unspecified atom stereocenters. The molecular weight excluding hydrogens is 374 g/mol. The number of carbonyl (C=O) groups is 1. The first-order chi connectivity index (χ1) is 14.1. The van der Waals surface area contributed by atoms with Crippen molar-refractivity contribution in [1.29, 1.82) is 0 Å². The zero-order valence-corrected chi connectivity index (χ0v) is 18.9. The van der Waals surface area contributed by atoms with Crippen LogP contribution in [-0.2, 0) is 0 Å². The Bertz CT molecular complexity index is 830. The molecule has 6 N–H and O–H groups in total. The van der Waals surface area contributed by atoms with E-state index in [0.717, 1.165) is 48.2 Å². The van der Waals surface area contributed by atoms with Gasteiger partial charge in [0.2, 0.25) is 0 Å². The van der Waals surface area contributed by atoms with Gasteiger partial charge in [0.25, 0.3) is 5.91 Å². The smallest absolute Gasteiger partial charge is 0.252 e. The summed E-state index contributed by atoms with van der Waals surface area (Å²) < 4.78 is 0. The number of carbonyl (C=O) groups excluding carboxylic acids is 1. The quantitative estimate of drug-likeness (QED) is 0.654. The number of rotatable bonds is 4. The Morgan fingerprint density at radius 2 is 1.70 bits per heavy atom. The second kappa shape index (κ2) is 11.3. The fourth-order valence-corrected chi connectivity index (χ4v) is 4.57. The monoisotopic (exact) mass is 415 g/mol. The minimum absolute atomic E-state index is 0. The summed E-state index contributed by atoms with van der Waals surface area (Å²) in [4.78, 5) is 19.1. The molecule has 1 aliphatic carbocycles. The summed E-state index contributed by atoms with van der Waals surface area (Å²) in [5.41, 5.74) is 8.29. The van der Waals surface area contributed by atoms with Gasteiger partial charge in [-0.05, 0) is 50.8 Å². The van der Waals surface area contributed by atoms with Crippen molar-refractivity contribution < 1.29 is 6.22 Å². The molecule has 1 amide bonds. The van der Waals surface area contributed by atoms with Crippen molar-refractivity contribution in [3.05, 3.63) is 35.4 Å². The van der Waals surface area contributed by atoms with Crippen LogP contribution in [0.4, 0.5) is 5.82 Å². The number of anilines is 1. The van der Waals surface area contributed by atoms with E-state index in [0.29, 0.717) is 17.6 Å². The van der Waals surface area contributed by atoms with Gasteiger partial charge in [0, 0.05) is 32.0 Å². The molecule has 168 valence electrons. The van der Waals surface area contributed by atoms with E-state index in [4.69, 9.17) is 10.7 Å². The van der Waals surface area contributed by atoms with E-state index < -0.39 is 5.91 Å². The van der Waals surface area contributed by atoms with Crippen LogP contribution in [0.15, 0.2) is 24.3 Å². The van der Waals surface area contributed by atoms with Crippen LogP contribution in [0.2, 0.25) is 0 Å². The molecule has 1 aromatic carbocycles. The third kappa shape index (κ3) is 5.70. The Morgan fingerprint density at radius 1 is 1.07 bits per heavy atom. The average Bonchev–Trinajstić information content (AvgIpc) is 2.75. The topological polar surface area (TPSA) is 106 Å². The number of pyridine rings is 1. The molecule has 0 radical (unpaired) electrons. The fraction of sp³-hybridized carbons (Fsp3) is 0.583. The lowest BCUT2D eigenvalue weighted by Crippen LogP contribution is -2.47. The molecule has 0 spiro atoms. The maximum atomic E-state index is 12.1. The predicted molar refractivity (Wildman–Crippen MR) is 129 cm³/mol. The highest BCUT2D eigenvalue weighted by atomic mass is 16.1. The Morgan fingerprint density at radius 3 is 2.33 bits per heavy atom. The molecule has 30 heavy (non-hydrogen) atoms. The number of nitrogens with zero attached hydrogens (tertiary/aromatic N) is 2. The average molecular weight is 416 g/mol. The lowest BCUT2D eigenvalue weighted by atomic mass is 9.93. The summed E-state index contributed by atoms with van der Waals surface area (Å²) in [5.74, 6) is 0.346. The van der Waals surface area contributed by atoms with Crippen molar-refractivity contribution in [3.63, 3.8) is 0 Å². The summed E-state index contributed by atoms with van der Waals surface area (Å²) in [6, 6.07) is 9.31. The molecule has 4 rings (SSSR count). The first-order valence-electron chi connectivity index (χ1n) is 11.3. The van der Waals surface area contributed by atoms with Crippen LogP contribution in [0, 0.1) is 6.92 Å². The number of aryl methyl sites for hydroxylation is 1. The minimum Gasteiger partial charge on any atom is -0.365 e. The Kier molecular flexibility index (Phi) is 9.06. The largest absolute Gasteiger partial charge is 0.365 e. The van der Waals surface area contributed by atoms with E-state index in [2.05, 4.69) is 22.3 Å². The highest BCUT2D eigenvalue weighted by molar-refractivity contribution is 6.01. The molecule has 1 saturated carbocycles. The molecule has 1 aliphatic heterocycles. The number of aromatic nitrogens is 1. The van der Waals surface area contributed by atoms with Crippen LogP contribution in [0.3, 0.4) is 0 Å². The van der Waals surface area contributed by atoms with Crippen LogP contribution in [0.5, 0.6) is 0 Å². The van der Waals surface area contributed by atoms with Crippen molar-refractivity contribution in [1.82, 2.24) is 16.5 Å². The summed E-state index contributed by atoms with van der Waals surface area (Å²) in [5, 5.41) is 4.84. The number of nitrogens with two attached hydrogens (primary N) is 1. The van der Waals surface area contributed by atoms with Gasteiger partial charge in [-0.2, -0.15) is 0 Å². The summed E-state index contributed by atoms with van der Waals surface area (Å²) >= 11 is 0. The zero-order chi connectivity index (χ0) is 20.8. The zero-order valence-electron chi connectivity index (χ0n) is 18.9. The van der Waals surface area contributed by atoms with Crippen LogP contribution in [0.25, 0.3) is 10.9 Å². The second-order valence-electron chi connectivity index (χ2n) is 8.18. The van der Waals surface area contributed by atoms with Gasteiger partial charge >= 0.3 is 0 Å². The van der Waals surface area contributed by atoms with Gasteiger partial charge in [0.05, 0.1) is 11.1 Å². The van der Waals surface area contributed by atoms with Gasteiger partial charge in [-0.15, -0.1) is 0 Å². The van der Waals surface area contributed by atoms with E-state index in [-0.39, 0.29) is 7.58 Å². The number of fused-ring (bicyclic) bond motifs is 1. The summed E-state index contributed by atoms with van der Waals surface area (Å²) in [6.45, 7) is 7.87. The molecular formula is C24H41N5O. The molecule has 6 nitrogen and oxygen atoms in total. The molecule has 2 aliphatic rings. The fourth-order valence-electron chi connectivity index (χ4n) is 4.57. The SMILES string of the molecule is CC.Cc1ccc2nc(N3CCC(NC4CCCCC4)CC3)c(C(N)=O)cc2c1.N.[HH]. The van der Waals surface area contributed by atoms with Crippen molar-refractivity contribution in [3.8, 4) is 0 Å². The number of primary amides is 1. The van der Waals surface area contributed by atoms with Crippen molar-refractivity contribution in [2.75, 3.05) is 18.0 Å². The van der Waals surface area contributed by atoms with Crippen molar-refractivity contribution in [2.45, 2.75) is 77.8 Å². The number of amides is 1. The van der Waals surface area contributed by atoms with Gasteiger partial charge in [-0.25, -0.2) is 4.98 Å². The van der Waals surface area contributed by atoms with Crippen LogP contribution in [-0.4, -0.2) is 36.1 Å². The van der Waals surface area contributed by atoms with Gasteiger partial charge < -0.3 is 22.1 Å². The first-order valence-corrected chi connectivity index (χ1v) is 11.3. The number of piperidine rings is 1. The van der Waals surface area contributed by atoms with Gasteiger partial charge in [0.1, 0.15) is 5.82 Å². The summed E-state index contributed by atoms with van der Waals surface area (Å²) in [6.07, 6.45) is 8.91. The van der Waals surface area contributed by atoms with Gasteiger partial charge in [0.15, 0.2) is 0 Å². The molecule has 0 bridgehead atoms. The van der Waals surface area contributed by atoms with Crippen molar-refractivity contribution >= 4 is 22.6 Å². The van der Waals surface area contributed by atoms with E-state index in [1.54, 1.807) is 0 Å². The maximum absolute atomic E-state index is 12.1. The van der Waals surface area contributed by atoms with Crippen molar-refractivity contribution in [2.24, 2.45) is 5.73 Å². The molecule has 2 aromatic rings. The van der Waals surface area contributed by atoms with E-state index >= 15 is 0 Å². The van der Waals surface area contributed by atoms with E-state index in [1.165, 1.54) is 32.1 Å². The highest BCUT2D eigenvalue weighted by Gasteiger charge is 2.26. The second-order valence-corrected chi connectivity index (χ2v) is 8.18. The molecule has 0 atom stereocenters. The molecule has 2 heterocycles. The van der Waals surface area contributed by atoms with Gasteiger partial charge in [-0.3, -0.25) is 4.79 Å². The maximum Gasteiger partial charge on any atom is 0.252 e. The number of nitrogens with one attached hydrogen (secondary N) is 1. The number of hydrogen-bond donors (Lipinski definition) is 3. The Balaban J connectivity index is 0.00000117. The summed E-state index contributed by atoms with van der Waals surface area (Å²) in [7, 11) is 0. The molecule has 1 saturated heterocycles. The van der Waals surface area contributed by atoms with E-state index in [9.17, 15) is 4.79 Å². The number of benzene rings is 1. The van der Waals surface area contributed by atoms with E-state index in [1.807, 2.05) is 32.9 Å². The van der Waals surface area contributed by atoms with Crippen LogP contribution < -0.4 is 22.1 Å². The first kappa shape index (κ1) is 24.1. The molecule has 1 aromatic heterocycles. The third-order valence-electron chi connectivity index (χ3n) is 6.09. The minimum atomic E-state index is -0.400. The normalized spacial score (nSPS) is 17.8. The Hall–Kier alpha value is -2.18. The lowest BCUT2D eigenvalue weighted by Gasteiger charge is -2.36. The third-order valence-corrected chi connectivity index (χ3v) is 6.09. The lowest BCUT2D eigenvalue weighted by molar-refractivity contribution is 0.100. The highest BCUT2D eigenvalue weighted by Crippen LogP contribution is 2.27. The Labute approximate surface area is 182 Å².